The highest BCUT2D eigenvalue weighted by Crippen LogP contribution is 2.47. The van der Waals surface area contributed by atoms with E-state index in [0.29, 0.717) is 0 Å². The molecule has 0 spiro atoms. The molecule has 0 fully saturated rings. The Kier molecular flexibility index (Phi) is 8.53. The van der Waals surface area contributed by atoms with Gasteiger partial charge in [-0.3, -0.25) is 0 Å². The largest absolute Gasteiger partial charge is 0.456 e. The van der Waals surface area contributed by atoms with E-state index in [-0.39, 0.29) is 0 Å². The third-order valence-corrected chi connectivity index (χ3v) is 13.2. The van der Waals surface area contributed by atoms with Crippen molar-refractivity contribution in [3.8, 4) is 39.1 Å². The van der Waals surface area contributed by atoms with Crippen LogP contribution in [0.3, 0.4) is 0 Å². The van der Waals surface area contributed by atoms with E-state index in [1.165, 1.54) is 76.7 Å². The first-order chi connectivity index (χ1) is 32.3. The lowest BCUT2D eigenvalue weighted by atomic mass is 9.85. The van der Waals surface area contributed by atoms with Crippen molar-refractivity contribution in [2.45, 2.75) is 0 Å². The molecule has 0 aliphatic heterocycles. The van der Waals surface area contributed by atoms with Crippen molar-refractivity contribution < 1.29 is 4.42 Å². The lowest BCUT2D eigenvalue weighted by molar-refractivity contribution is 0.669. The molecule has 0 saturated heterocycles. The first-order valence-electron chi connectivity index (χ1n) is 22.3. The summed E-state index contributed by atoms with van der Waals surface area (Å²) in [5.74, 6) is 0. The molecule has 0 bridgehead atoms. The summed E-state index contributed by atoms with van der Waals surface area (Å²) in [4.78, 5) is 2.34. The average molecular weight is 829 g/mol. The van der Waals surface area contributed by atoms with Crippen LogP contribution in [-0.4, -0.2) is 4.57 Å². The number of hydrogen-bond acceptors (Lipinski definition) is 2. The molecule has 0 saturated carbocycles. The van der Waals surface area contributed by atoms with Gasteiger partial charge in [-0.25, -0.2) is 0 Å². The van der Waals surface area contributed by atoms with Crippen molar-refractivity contribution in [3.63, 3.8) is 0 Å². The highest BCUT2D eigenvalue weighted by atomic mass is 16.3. The summed E-state index contributed by atoms with van der Waals surface area (Å²) >= 11 is 0. The minimum Gasteiger partial charge on any atom is -0.456 e. The van der Waals surface area contributed by atoms with Gasteiger partial charge in [-0.15, -0.1) is 0 Å². The normalized spacial score (nSPS) is 11.7. The second-order valence-corrected chi connectivity index (χ2v) is 16.8. The summed E-state index contributed by atoms with van der Waals surface area (Å²) in [5.41, 5.74) is 15.5. The van der Waals surface area contributed by atoms with E-state index < -0.39 is 0 Å². The molecule has 13 aromatic rings. The summed E-state index contributed by atoms with van der Waals surface area (Å²) in [7, 11) is 0. The Hall–Kier alpha value is -8.66. The Morgan fingerprint density at radius 2 is 0.738 bits per heavy atom. The van der Waals surface area contributed by atoms with Gasteiger partial charge >= 0.3 is 0 Å². The number of para-hydroxylation sites is 2. The van der Waals surface area contributed by atoms with Crippen LogP contribution in [0.15, 0.2) is 247 Å². The SMILES string of the molecule is c1ccc(-c2ccc(N(c3ccc(-c4c(-c5ccccc5)c5ccccc5c5ccccc45)cc3)c3ccc4c(c3)oc3cccc(-n5c6ccccc6c6ccccc65)c34)cc2)cc1. The van der Waals surface area contributed by atoms with Gasteiger partial charge in [0.1, 0.15) is 11.2 Å². The molecule has 0 radical (unpaired) electrons. The Balaban J connectivity index is 0.986. The fourth-order valence-electron chi connectivity index (χ4n) is 10.3. The van der Waals surface area contributed by atoms with Crippen LogP contribution in [0.25, 0.3) is 104 Å². The summed E-state index contributed by atoms with van der Waals surface area (Å²) in [5, 5.41) is 9.64. The van der Waals surface area contributed by atoms with Crippen LogP contribution in [0, 0.1) is 0 Å². The van der Waals surface area contributed by atoms with Crippen LogP contribution in [0.2, 0.25) is 0 Å². The van der Waals surface area contributed by atoms with Crippen molar-refractivity contribution in [1.29, 1.82) is 0 Å². The van der Waals surface area contributed by atoms with Crippen LogP contribution < -0.4 is 4.90 Å². The fourth-order valence-corrected chi connectivity index (χ4v) is 10.3. The lowest BCUT2D eigenvalue weighted by Crippen LogP contribution is -2.09. The number of aromatic nitrogens is 1. The lowest BCUT2D eigenvalue weighted by Gasteiger charge is -2.26. The van der Waals surface area contributed by atoms with Gasteiger partial charge in [0, 0.05) is 39.3 Å². The Bertz CT molecular complexity index is 3870. The van der Waals surface area contributed by atoms with Crippen LogP contribution in [0.5, 0.6) is 0 Å². The molecular weight excluding hydrogens is 789 g/mol. The molecule has 3 heteroatoms. The molecule has 304 valence electrons. The molecule has 0 amide bonds. The molecule has 11 aromatic carbocycles. The molecule has 2 heterocycles. The Morgan fingerprint density at radius 3 is 1.32 bits per heavy atom. The topological polar surface area (TPSA) is 21.3 Å². The van der Waals surface area contributed by atoms with Gasteiger partial charge in [0.15, 0.2) is 0 Å². The number of rotatable bonds is 7. The third-order valence-electron chi connectivity index (χ3n) is 13.2. The predicted molar refractivity (Wildman–Crippen MR) is 274 cm³/mol. The first-order valence-corrected chi connectivity index (χ1v) is 22.3. The van der Waals surface area contributed by atoms with Gasteiger partial charge in [-0.05, 0) is 116 Å². The van der Waals surface area contributed by atoms with Gasteiger partial charge in [-0.2, -0.15) is 0 Å². The van der Waals surface area contributed by atoms with E-state index in [1.54, 1.807) is 0 Å². The van der Waals surface area contributed by atoms with Crippen molar-refractivity contribution in [3.05, 3.63) is 243 Å². The van der Waals surface area contributed by atoms with Crippen LogP contribution >= 0.6 is 0 Å². The number of furan rings is 1. The summed E-state index contributed by atoms with van der Waals surface area (Å²) in [6, 6.07) is 87.5. The molecule has 13 rings (SSSR count). The van der Waals surface area contributed by atoms with E-state index in [0.717, 1.165) is 44.7 Å². The van der Waals surface area contributed by atoms with Gasteiger partial charge in [0.2, 0.25) is 0 Å². The number of anilines is 3. The Morgan fingerprint density at radius 1 is 0.292 bits per heavy atom. The smallest absolute Gasteiger partial charge is 0.137 e. The van der Waals surface area contributed by atoms with Crippen molar-refractivity contribution in [2.75, 3.05) is 4.90 Å². The molecule has 2 aromatic heterocycles. The predicted octanol–water partition coefficient (Wildman–Crippen LogP) is 17.5. The van der Waals surface area contributed by atoms with E-state index in [2.05, 4.69) is 252 Å². The van der Waals surface area contributed by atoms with E-state index in [1.807, 2.05) is 0 Å². The van der Waals surface area contributed by atoms with E-state index >= 15 is 0 Å². The molecular formula is C62H40N2O. The first kappa shape index (κ1) is 36.9. The van der Waals surface area contributed by atoms with Crippen molar-refractivity contribution in [1.82, 2.24) is 4.57 Å². The van der Waals surface area contributed by atoms with Crippen LogP contribution in [0.1, 0.15) is 0 Å². The molecule has 0 atom stereocenters. The maximum atomic E-state index is 6.82. The van der Waals surface area contributed by atoms with Gasteiger partial charge in [-0.1, -0.05) is 176 Å². The fraction of sp³-hybridized carbons (Fsp3) is 0. The summed E-state index contributed by atoms with van der Waals surface area (Å²) < 4.78 is 9.21. The maximum absolute atomic E-state index is 6.82. The molecule has 0 aliphatic carbocycles. The van der Waals surface area contributed by atoms with Gasteiger partial charge in [0.05, 0.1) is 22.1 Å². The number of fused-ring (bicyclic) bond motifs is 9. The zero-order valence-electron chi connectivity index (χ0n) is 35.4. The second kappa shape index (κ2) is 15.0. The van der Waals surface area contributed by atoms with Crippen molar-refractivity contribution in [2.24, 2.45) is 0 Å². The maximum Gasteiger partial charge on any atom is 0.137 e. The average Bonchev–Trinajstić information content (AvgIpc) is 3.93. The second-order valence-electron chi connectivity index (χ2n) is 16.8. The van der Waals surface area contributed by atoms with E-state index in [4.69, 9.17) is 4.42 Å². The van der Waals surface area contributed by atoms with Crippen LogP contribution in [-0.2, 0) is 0 Å². The van der Waals surface area contributed by atoms with Gasteiger partial charge < -0.3 is 13.9 Å². The number of hydrogen-bond donors (Lipinski definition) is 0. The molecule has 65 heavy (non-hydrogen) atoms. The third kappa shape index (κ3) is 5.97. The summed E-state index contributed by atoms with van der Waals surface area (Å²) in [6.07, 6.45) is 0. The number of nitrogens with zero attached hydrogens (tertiary/aromatic N) is 2. The minimum atomic E-state index is 0.836. The van der Waals surface area contributed by atoms with Crippen molar-refractivity contribution >= 4 is 82.4 Å². The zero-order chi connectivity index (χ0) is 42.8. The molecule has 0 N–H and O–H groups in total. The number of benzene rings is 11. The highest BCUT2D eigenvalue weighted by molar-refractivity contribution is 6.22. The Labute approximate surface area is 376 Å². The molecule has 0 aliphatic rings. The monoisotopic (exact) mass is 828 g/mol. The van der Waals surface area contributed by atoms with E-state index in [9.17, 15) is 0 Å². The standard InChI is InChI=1S/C62H40N2O/c1-3-16-41(17-4-1)42-30-34-45(35-31-42)63(46-36-32-44(33-37-46)61-53-25-10-8-21-49(53)48-20-7-9-24-52(48)60(61)43-18-5-2-6-19-43)47-38-39-54-59(40-47)65-58-29-15-28-57(62(54)58)64-55-26-13-11-22-50(55)51-23-12-14-27-56(51)64/h1-40H. The van der Waals surface area contributed by atoms with Crippen LogP contribution in [0.4, 0.5) is 17.1 Å². The minimum absolute atomic E-state index is 0.836. The summed E-state index contributed by atoms with van der Waals surface area (Å²) in [6.45, 7) is 0. The highest BCUT2D eigenvalue weighted by Gasteiger charge is 2.22. The molecule has 3 nitrogen and oxygen atoms in total. The van der Waals surface area contributed by atoms with Gasteiger partial charge in [0.25, 0.3) is 0 Å². The molecule has 0 unspecified atom stereocenters. The zero-order valence-corrected chi connectivity index (χ0v) is 35.4. The quantitative estimate of drug-likeness (QED) is 0.149.